The number of nitrogens with one attached hydrogen (secondary N) is 1. The largest absolute Gasteiger partial charge is 0.497 e. The van der Waals surface area contributed by atoms with Crippen molar-refractivity contribution in [2.75, 3.05) is 20.2 Å². The minimum Gasteiger partial charge on any atom is -0.497 e. The molecule has 0 radical (unpaired) electrons. The number of amides is 1. The van der Waals surface area contributed by atoms with Crippen LogP contribution in [0, 0.1) is 0 Å². The van der Waals surface area contributed by atoms with Crippen LogP contribution in [0.3, 0.4) is 0 Å². The van der Waals surface area contributed by atoms with Crippen LogP contribution in [-0.4, -0.2) is 53.2 Å². The van der Waals surface area contributed by atoms with E-state index in [-0.39, 0.29) is 25.6 Å². The summed E-state index contributed by atoms with van der Waals surface area (Å²) >= 11 is 0. The molecule has 1 aliphatic heterocycles. The fourth-order valence-corrected chi connectivity index (χ4v) is 2.57. The number of benzene rings is 1. The van der Waals surface area contributed by atoms with Crippen LogP contribution in [0.15, 0.2) is 18.2 Å². The molecule has 6 nitrogen and oxygen atoms in total. The van der Waals surface area contributed by atoms with E-state index in [1.807, 2.05) is 18.2 Å². The van der Waals surface area contributed by atoms with E-state index >= 15 is 0 Å². The van der Waals surface area contributed by atoms with Crippen LogP contribution >= 0.6 is 0 Å². The fourth-order valence-electron chi connectivity index (χ4n) is 2.57. The zero-order valence-electron chi connectivity index (χ0n) is 12.5. The molecule has 0 aliphatic carbocycles. The van der Waals surface area contributed by atoms with Gasteiger partial charge in [-0.3, -0.25) is 4.79 Å². The van der Waals surface area contributed by atoms with E-state index in [4.69, 9.17) is 9.47 Å². The maximum absolute atomic E-state index is 13.8. The first-order valence-corrected chi connectivity index (χ1v) is 7.10. The summed E-state index contributed by atoms with van der Waals surface area (Å²) in [5.74, 6) is 1.22. The number of ether oxygens (including phenoxy) is 2. The van der Waals surface area contributed by atoms with Crippen LogP contribution < -0.4 is 4.74 Å². The van der Waals surface area contributed by atoms with E-state index in [9.17, 15) is 9.18 Å². The molecule has 3 rings (SSSR count). The molecule has 7 heteroatoms. The van der Waals surface area contributed by atoms with Gasteiger partial charge in [-0.2, -0.15) is 0 Å². The summed E-state index contributed by atoms with van der Waals surface area (Å²) in [5, 5.41) is 0. The summed E-state index contributed by atoms with van der Waals surface area (Å²) in [6.45, 7) is 1.98. The lowest BCUT2D eigenvalue weighted by molar-refractivity contribution is -0.128. The molecule has 1 aliphatic rings. The number of carbonyl (C=O) groups excluding carboxylic acids is 1. The molecule has 118 valence electrons. The number of aromatic amines is 1. The highest BCUT2D eigenvalue weighted by molar-refractivity contribution is 5.76. The Morgan fingerprint density at radius 2 is 2.32 bits per heavy atom. The number of alkyl halides is 1. The van der Waals surface area contributed by atoms with Gasteiger partial charge in [0.2, 0.25) is 5.91 Å². The predicted octanol–water partition coefficient (Wildman–Crippen LogP) is 1.66. The molecule has 0 spiro atoms. The Hall–Kier alpha value is -2.15. The molecule has 2 heterocycles. The predicted molar refractivity (Wildman–Crippen MR) is 78.4 cm³/mol. The molecule has 1 aromatic heterocycles. The summed E-state index contributed by atoms with van der Waals surface area (Å²) in [6.07, 6.45) is -1.76. The molecule has 1 N–H and O–H groups in total. The van der Waals surface area contributed by atoms with E-state index in [0.29, 0.717) is 5.82 Å². The highest BCUT2D eigenvalue weighted by atomic mass is 19.1. The van der Waals surface area contributed by atoms with E-state index in [1.54, 1.807) is 7.11 Å². The minimum atomic E-state index is -1.16. The van der Waals surface area contributed by atoms with Crippen LogP contribution in [0.4, 0.5) is 4.39 Å². The number of halogens is 1. The van der Waals surface area contributed by atoms with E-state index in [1.165, 1.54) is 11.8 Å². The van der Waals surface area contributed by atoms with Gasteiger partial charge >= 0.3 is 0 Å². The standard InChI is InChI=1S/C15H18FN3O3/c1-9(20)19-6-11(16)14(7-19)22-8-15-17-12-4-3-10(21-2)5-13(12)18-15/h3-5,11,14H,6-8H2,1-2H3,(H,17,18)/t11-,14+/m1/s1. The topological polar surface area (TPSA) is 67.5 Å². The Morgan fingerprint density at radius 3 is 3.00 bits per heavy atom. The van der Waals surface area contributed by atoms with Crippen LogP contribution in [0.2, 0.25) is 0 Å². The van der Waals surface area contributed by atoms with E-state index in [0.717, 1.165) is 16.8 Å². The molecule has 1 saturated heterocycles. The summed E-state index contributed by atoms with van der Waals surface area (Å²) in [4.78, 5) is 20.2. The smallest absolute Gasteiger partial charge is 0.219 e. The number of H-pyrrole nitrogens is 1. The van der Waals surface area contributed by atoms with Crippen molar-refractivity contribution in [3.63, 3.8) is 0 Å². The zero-order valence-corrected chi connectivity index (χ0v) is 12.5. The molecule has 2 atom stereocenters. The molecular formula is C15H18FN3O3. The SMILES string of the molecule is COc1ccc2nc(CO[C@H]3CN(C(C)=O)C[C@H]3F)[nH]c2c1. The van der Waals surface area contributed by atoms with Crippen molar-refractivity contribution in [1.82, 2.24) is 14.9 Å². The number of imidazole rings is 1. The number of nitrogens with zero attached hydrogens (tertiary/aromatic N) is 2. The average molecular weight is 307 g/mol. The molecule has 0 bridgehead atoms. The normalized spacial score (nSPS) is 21.5. The summed E-state index contributed by atoms with van der Waals surface area (Å²) in [7, 11) is 1.60. The third-order valence-corrected chi connectivity index (χ3v) is 3.82. The average Bonchev–Trinajstić information content (AvgIpc) is 3.07. The van der Waals surface area contributed by atoms with Gasteiger partial charge in [-0.05, 0) is 12.1 Å². The van der Waals surface area contributed by atoms with Crippen LogP contribution in [0.1, 0.15) is 12.7 Å². The van der Waals surface area contributed by atoms with Gasteiger partial charge < -0.3 is 19.4 Å². The molecular weight excluding hydrogens is 289 g/mol. The molecule has 0 saturated carbocycles. The Bertz CT molecular complexity index is 688. The van der Waals surface area contributed by atoms with Gasteiger partial charge in [0.1, 0.15) is 30.5 Å². The summed E-state index contributed by atoms with van der Waals surface area (Å²) in [6, 6.07) is 5.52. The number of likely N-dealkylation sites (tertiary alicyclic amines) is 1. The second kappa shape index (κ2) is 5.92. The lowest BCUT2D eigenvalue weighted by Gasteiger charge is -2.13. The van der Waals surface area contributed by atoms with Crippen molar-refractivity contribution in [1.29, 1.82) is 0 Å². The van der Waals surface area contributed by atoms with Gasteiger partial charge in [0, 0.05) is 19.5 Å². The molecule has 1 fully saturated rings. The Morgan fingerprint density at radius 1 is 1.50 bits per heavy atom. The highest BCUT2D eigenvalue weighted by Gasteiger charge is 2.35. The number of aromatic nitrogens is 2. The molecule has 1 aromatic carbocycles. The van der Waals surface area contributed by atoms with E-state index < -0.39 is 12.3 Å². The van der Waals surface area contributed by atoms with Gasteiger partial charge in [0.25, 0.3) is 0 Å². The van der Waals surface area contributed by atoms with Gasteiger partial charge in [0.05, 0.1) is 24.7 Å². The second-order valence-corrected chi connectivity index (χ2v) is 5.36. The molecule has 2 aromatic rings. The number of hydrogen-bond donors (Lipinski definition) is 1. The second-order valence-electron chi connectivity index (χ2n) is 5.36. The minimum absolute atomic E-state index is 0.0946. The summed E-state index contributed by atoms with van der Waals surface area (Å²) in [5.41, 5.74) is 1.64. The number of rotatable bonds is 4. The fraction of sp³-hybridized carbons (Fsp3) is 0.467. The maximum Gasteiger partial charge on any atom is 0.219 e. The van der Waals surface area contributed by atoms with Crippen molar-refractivity contribution in [3.8, 4) is 5.75 Å². The van der Waals surface area contributed by atoms with Crippen molar-refractivity contribution >= 4 is 16.9 Å². The molecule has 1 amide bonds. The summed E-state index contributed by atoms with van der Waals surface area (Å²) < 4.78 is 24.6. The van der Waals surface area contributed by atoms with Gasteiger partial charge in [-0.1, -0.05) is 0 Å². The third-order valence-electron chi connectivity index (χ3n) is 3.82. The maximum atomic E-state index is 13.8. The lowest BCUT2D eigenvalue weighted by atomic mass is 10.3. The first-order valence-electron chi connectivity index (χ1n) is 7.10. The monoisotopic (exact) mass is 307 g/mol. The van der Waals surface area contributed by atoms with Gasteiger partial charge in [-0.15, -0.1) is 0 Å². The van der Waals surface area contributed by atoms with Gasteiger partial charge in [0.15, 0.2) is 0 Å². The van der Waals surface area contributed by atoms with Crippen molar-refractivity contribution in [2.45, 2.75) is 25.8 Å². The van der Waals surface area contributed by atoms with Crippen LogP contribution in [-0.2, 0) is 16.1 Å². The molecule has 22 heavy (non-hydrogen) atoms. The molecule has 0 unspecified atom stereocenters. The number of fused-ring (bicyclic) bond motifs is 1. The number of carbonyl (C=O) groups is 1. The number of hydrogen-bond acceptors (Lipinski definition) is 4. The van der Waals surface area contributed by atoms with Crippen molar-refractivity contribution in [3.05, 3.63) is 24.0 Å². The Labute approximate surface area is 127 Å². The Kier molecular flexibility index (Phi) is 3.98. The Balaban J connectivity index is 1.65. The lowest BCUT2D eigenvalue weighted by Crippen LogP contribution is -2.27. The first kappa shape index (κ1) is 14.8. The van der Waals surface area contributed by atoms with Gasteiger partial charge in [-0.25, -0.2) is 9.37 Å². The van der Waals surface area contributed by atoms with Crippen LogP contribution in [0.25, 0.3) is 11.0 Å². The van der Waals surface area contributed by atoms with E-state index in [2.05, 4.69) is 9.97 Å². The van der Waals surface area contributed by atoms with Crippen LogP contribution in [0.5, 0.6) is 5.75 Å². The highest BCUT2D eigenvalue weighted by Crippen LogP contribution is 2.21. The zero-order chi connectivity index (χ0) is 15.7. The third kappa shape index (κ3) is 2.89. The van der Waals surface area contributed by atoms with Crippen molar-refractivity contribution < 1.29 is 18.7 Å². The number of methoxy groups -OCH3 is 1. The quantitative estimate of drug-likeness (QED) is 0.933. The van der Waals surface area contributed by atoms with Crippen molar-refractivity contribution in [2.24, 2.45) is 0 Å². The first-order chi connectivity index (χ1) is 10.6.